The van der Waals surface area contributed by atoms with E-state index in [9.17, 15) is 0 Å². The maximum atomic E-state index is 4.71. The molecule has 0 spiro atoms. The fourth-order valence-corrected chi connectivity index (χ4v) is 2.89. The molecule has 78 valence electrons. The third-order valence-electron chi connectivity index (χ3n) is 3.12. The first-order valence-corrected chi connectivity index (χ1v) is 6.39. The van der Waals surface area contributed by atoms with Crippen LogP contribution in [0.4, 0.5) is 0 Å². The number of rotatable bonds is 1. The summed E-state index contributed by atoms with van der Waals surface area (Å²) in [4.78, 5) is 4.71. The molecule has 2 nitrogen and oxygen atoms in total. The van der Waals surface area contributed by atoms with E-state index in [-0.39, 0.29) is 0 Å². The normalized spacial score (nSPS) is 20.2. The molecule has 1 aliphatic rings. The zero-order valence-electron chi connectivity index (χ0n) is 8.81. The van der Waals surface area contributed by atoms with Gasteiger partial charge >= 0.3 is 0 Å². The van der Waals surface area contributed by atoms with Crippen LogP contribution in [0, 0.1) is 0 Å². The Morgan fingerprint density at radius 1 is 1.53 bits per heavy atom. The summed E-state index contributed by atoms with van der Waals surface area (Å²) in [6.07, 6.45) is 5.91. The van der Waals surface area contributed by atoms with Crippen molar-refractivity contribution in [2.45, 2.75) is 32.2 Å². The first kappa shape index (κ1) is 9.16. The zero-order chi connectivity index (χ0) is 10.3. The van der Waals surface area contributed by atoms with Gasteiger partial charge in [0.05, 0.1) is 5.69 Å². The highest BCUT2D eigenvalue weighted by molar-refractivity contribution is 7.08. The monoisotopic (exact) mass is 218 g/mol. The summed E-state index contributed by atoms with van der Waals surface area (Å²) in [7, 11) is 0. The average Bonchev–Trinajstić information content (AvgIpc) is 2.86. The summed E-state index contributed by atoms with van der Waals surface area (Å²) in [6.45, 7) is 2.28. The summed E-state index contributed by atoms with van der Waals surface area (Å²) in [6, 6.07) is 2.76. The molecule has 0 amide bonds. The molecule has 1 unspecified atom stereocenters. The largest absolute Gasteiger partial charge is 0.331 e. The Bertz CT molecular complexity index is 456. The van der Waals surface area contributed by atoms with E-state index in [2.05, 4.69) is 34.5 Å². The molecule has 15 heavy (non-hydrogen) atoms. The summed E-state index contributed by atoms with van der Waals surface area (Å²) >= 11 is 1.73. The van der Waals surface area contributed by atoms with Crippen molar-refractivity contribution < 1.29 is 0 Å². The Balaban J connectivity index is 2.06. The third-order valence-corrected chi connectivity index (χ3v) is 3.81. The lowest BCUT2D eigenvalue weighted by Crippen LogP contribution is -2.14. The quantitative estimate of drug-likeness (QED) is 0.716. The van der Waals surface area contributed by atoms with E-state index < -0.39 is 0 Å². The van der Waals surface area contributed by atoms with Gasteiger partial charge < -0.3 is 4.57 Å². The molecule has 1 atom stereocenters. The van der Waals surface area contributed by atoms with Gasteiger partial charge in [-0.15, -0.1) is 0 Å². The summed E-state index contributed by atoms with van der Waals surface area (Å²) in [5, 5.41) is 4.27. The molecule has 0 fully saturated rings. The van der Waals surface area contributed by atoms with Gasteiger partial charge in [0.1, 0.15) is 5.82 Å². The van der Waals surface area contributed by atoms with Crippen molar-refractivity contribution in [1.82, 2.24) is 9.55 Å². The van der Waals surface area contributed by atoms with E-state index in [0.29, 0.717) is 6.04 Å². The van der Waals surface area contributed by atoms with Crippen LogP contribution in [0.25, 0.3) is 11.3 Å². The minimum atomic E-state index is 0.619. The van der Waals surface area contributed by atoms with Crippen molar-refractivity contribution in [3.05, 3.63) is 28.8 Å². The predicted molar refractivity (Wildman–Crippen MR) is 63.2 cm³/mol. The number of imidazole rings is 1. The highest BCUT2D eigenvalue weighted by Crippen LogP contribution is 2.28. The highest BCUT2D eigenvalue weighted by Gasteiger charge is 2.18. The van der Waals surface area contributed by atoms with Crippen molar-refractivity contribution in [1.29, 1.82) is 0 Å². The van der Waals surface area contributed by atoms with Crippen molar-refractivity contribution >= 4 is 11.3 Å². The third kappa shape index (κ3) is 1.51. The van der Waals surface area contributed by atoms with Crippen molar-refractivity contribution in [2.75, 3.05) is 0 Å². The number of aryl methyl sites for hydroxylation is 1. The van der Waals surface area contributed by atoms with Gasteiger partial charge in [-0.25, -0.2) is 4.98 Å². The summed E-state index contributed by atoms with van der Waals surface area (Å²) in [5.74, 6) is 1.26. The molecule has 0 aliphatic carbocycles. The molecule has 3 heteroatoms. The molecule has 1 aliphatic heterocycles. The second-order valence-electron chi connectivity index (χ2n) is 4.20. The van der Waals surface area contributed by atoms with Gasteiger partial charge in [0.25, 0.3) is 0 Å². The van der Waals surface area contributed by atoms with Crippen LogP contribution in [0.3, 0.4) is 0 Å². The minimum absolute atomic E-state index is 0.619. The average molecular weight is 218 g/mol. The van der Waals surface area contributed by atoms with Crippen molar-refractivity contribution in [3.63, 3.8) is 0 Å². The van der Waals surface area contributed by atoms with E-state index >= 15 is 0 Å². The van der Waals surface area contributed by atoms with Gasteiger partial charge in [0, 0.05) is 29.6 Å². The van der Waals surface area contributed by atoms with Gasteiger partial charge in [0.15, 0.2) is 0 Å². The van der Waals surface area contributed by atoms with Crippen LogP contribution >= 0.6 is 11.3 Å². The zero-order valence-corrected chi connectivity index (χ0v) is 9.63. The molecule has 0 N–H and O–H groups in total. The van der Waals surface area contributed by atoms with Crippen LogP contribution in [0.5, 0.6) is 0 Å². The van der Waals surface area contributed by atoms with E-state index in [0.717, 1.165) is 12.1 Å². The standard InChI is InChI=1S/C12H14N2S/c1-9-3-2-4-12-13-11(7-14(9)12)10-5-6-15-8-10/h5-9H,2-4H2,1H3. The van der Waals surface area contributed by atoms with E-state index in [1.165, 1.54) is 24.2 Å². The van der Waals surface area contributed by atoms with E-state index in [1.807, 2.05) is 0 Å². The number of hydrogen-bond acceptors (Lipinski definition) is 2. The molecular weight excluding hydrogens is 204 g/mol. The molecule has 0 aromatic carbocycles. The van der Waals surface area contributed by atoms with Crippen molar-refractivity contribution in [2.24, 2.45) is 0 Å². The molecule has 0 saturated carbocycles. The van der Waals surface area contributed by atoms with Gasteiger partial charge in [-0.3, -0.25) is 0 Å². The number of fused-ring (bicyclic) bond motifs is 1. The van der Waals surface area contributed by atoms with Crippen LogP contribution in [0.2, 0.25) is 0 Å². The van der Waals surface area contributed by atoms with Crippen LogP contribution in [0.1, 0.15) is 31.6 Å². The molecular formula is C12H14N2S. The lowest BCUT2D eigenvalue weighted by molar-refractivity contribution is 0.426. The summed E-state index contributed by atoms with van der Waals surface area (Å²) < 4.78 is 2.34. The number of aromatic nitrogens is 2. The molecule has 0 saturated heterocycles. The van der Waals surface area contributed by atoms with Gasteiger partial charge in [-0.2, -0.15) is 11.3 Å². The Kier molecular flexibility index (Phi) is 2.13. The smallest absolute Gasteiger partial charge is 0.109 e. The van der Waals surface area contributed by atoms with Gasteiger partial charge in [0.2, 0.25) is 0 Å². The van der Waals surface area contributed by atoms with Crippen LogP contribution < -0.4 is 0 Å². The Labute approximate surface area is 93.6 Å². The molecule has 3 heterocycles. The fourth-order valence-electron chi connectivity index (χ4n) is 2.24. The Morgan fingerprint density at radius 3 is 3.20 bits per heavy atom. The maximum Gasteiger partial charge on any atom is 0.109 e. The molecule has 0 bridgehead atoms. The lowest BCUT2D eigenvalue weighted by atomic mass is 10.1. The van der Waals surface area contributed by atoms with E-state index in [1.54, 1.807) is 11.3 Å². The van der Waals surface area contributed by atoms with Crippen LogP contribution in [0.15, 0.2) is 23.0 Å². The maximum absolute atomic E-state index is 4.71. The second-order valence-corrected chi connectivity index (χ2v) is 4.98. The first-order chi connectivity index (χ1) is 7.34. The minimum Gasteiger partial charge on any atom is -0.331 e. The first-order valence-electron chi connectivity index (χ1n) is 5.45. The van der Waals surface area contributed by atoms with Gasteiger partial charge in [-0.05, 0) is 31.2 Å². The number of hydrogen-bond donors (Lipinski definition) is 0. The molecule has 2 aromatic rings. The Hall–Kier alpha value is -1.09. The second kappa shape index (κ2) is 3.49. The van der Waals surface area contributed by atoms with Crippen LogP contribution in [-0.4, -0.2) is 9.55 Å². The van der Waals surface area contributed by atoms with Crippen LogP contribution in [-0.2, 0) is 6.42 Å². The molecule has 2 aromatic heterocycles. The molecule has 0 radical (unpaired) electrons. The number of nitrogens with zero attached hydrogens (tertiary/aromatic N) is 2. The predicted octanol–water partition coefficient (Wildman–Crippen LogP) is 3.51. The topological polar surface area (TPSA) is 17.8 Å². The molecule has 3 rings (SSSR count). The Morgan fingerprint density at radius 2 is 2.47 bits per heavy atom. The summed E-state index contributed by atoms with van der Waals surface area (Å²) in [5.41, 5.74) is 2.40. The number of thiophene rings is 1. The van der Waals surface area contributed by atoms with E-state index in [4.69, 9.17) is 4.98 Å². The fraction of sp³-hybridized carbons (Fsp3) is 0.417. The lowest BCUT2D eigenvalue weighted by Gasteiger charge is -2.20. The van der Waals surface area contributed by atoms with Gasteiger partial charge in [-0.1, -0.05) is 0 Å². The van der Waals surface area contributed by atoms with Crippen molar-refractivity contribution in [3.8, 4) is 11.3 Å². The highest BCUT2D eigenvalue weighted by atomic mass is 32.1. The SMILES string of the molecule is CC1CCCc2nc(-c3ccsc3)cn21.